The first-order chi connectivity index (χ1) is 10.8. The number of hydrogen-bond acceptors (Lipinski definition) is 3. The van der Waals surface area contributed by atoms with Gasteiger partial charge in [0.15, 0.2) is 0 Å². The highest BCUT2D eigenvalue weighted by Gasteiger charge is 2.17. The van der Waals surface area contributed by atoms with E-state index in [1.54, 1.807) is 19.1 Å². The number of aryl methyl sites for hydroxylation is 1. The third kappa shape index (κ3) is 6.10. The van der Waals surface area contributed by atoms with Gasteiger partial charge in [-0.05, 0) is 39.3 Å². The van der Waals surface area contributed by atoms with Gasteiger partial charge in [-0.3, -0.25) is 14.4 Å². The molecule has 0 fully saturated rings. The van der Waals surface area contributed by atoms with Gasteiger partial charge in [0, 0.05) is 18.2 Å². The first-order valence-corrected chi connectivity index (χ1v) is 7.76. The molecule has 0 saturated carbocycles. The summed E-state index contributed by atoms with van der Waals surface area (Å²) < 4.78 is 0. The summed E-state index contributed by atoms with van der Waals surface area (Å²) in [5.41, 5.74) is 1.39. The van der Waals surface area contributed by atoms with Crippen LogP contribution in [0, 0.1) is 6.92 Å². The van der Waals surface area contributed by atoms with E-state index in [1.807, 2.05) is 32.9 Å². The quantitative estimate of drug-likeness (QED) is 0.790. The number of benzene rings is 1. The van der Waals surface area contributed by atoms with Crippen LogP contribution in [-0.4, -0.2) is 48.3 Å². The third-order valence-electron chi connectivity index (χ3n) is 3.31. The van der Waals surface area contributed by atoms with Crippen LogP contribution in [0.15, 0.2) is 24.3 Å². The van der Waals surface area contributed by atoms with Crippen molar-refractivity contribution in [2.45, 2.75) is 33.7 Å². The van der Waals surface area contributed by atoms with Crippen LogP contribution in [0.25, 0.3) is 0 Å². The molecule has 0 aliphatic rings. The monoisotopic (exact) mass is 319 g/mol. The zero-order chi connectivity index (χ0) is 17.4. The van der Waals surface area contributed by atoms with Crippen molar-refractivity contribution < 1.29 is 14.4 Å². The van der Waals surface area contributed by atoms with Crippen LogP contribution < -0.4 is 10.6 Å². The second kappa shape index (κ2) is 8.92. The Morgan fingerprint density at radius 1 is 1.17 bits per heavy atom. The molecule has 3 amide bonds. The fourth-order valence-electron chi connectivity index (χ4n) is 2.11. The van der Waals surface area contributed by atoms with Crippen molar-refractivity contribution in [1.82, 2.24) is 15.5 Å². The fourth-order valence-corrected chi connectivity index (χ4v) is 2.11. The molecule has 2 N–H and O–H groups in total. The molecule has 126 valence electrons. The summed E-state index contributed by atoms with van der Waals surface area (Å²) in [6.07, 6.45) is 0. The molecule has 6 nitrogen and oxygen atoms in total. The minimum absolute atomic E-state index is 0.00620. The molecule has 1 rings (SSSR count). The van der Waals surface area contributed by atoms with Crippen LogP contribution in [0.1, 0.15) is 36.7 Å². The minimum Gasteiger partial charge on any atom is -0.352 e. The Morgan fingerprint density at radius 2 is 1.83 bits per heavy atom. The van der Waals surface area contributed by atoms with E-state index in [2.05, 4.69) is 10.6 Å². The van der Waals surface area contributed by atoms with Gasteiger partial charge in [-0.25, -0.2) is 0 Å². The summed E-state index contributed by atoms with van der Waals surface area (Å²) in [4.78, 5) is 37.4. The van der Waals surface area contributed by atoms with E-state index in [4.69, 9.17) is 0 Å². The topological polar surface area (TPSA) is 78.5 Å². The van der Waals surface area contributed by atoms with Crippen LogP contribution in [-0.2, 0) is 9.59 Å². The van der Waals surface area contributed by atoms with Crippen molar-refractivity contribution in [3.05, 3.63) is 35.4 Å². The van der Waals surface area contributed by atoms with Gasteiger partial charge in [0.25, 0.3) is 5.91 Å². The first kappa shape index (κ1) is 18.7. The Balaban J connectivity index is 2.55. The molecule has 23 heavy (non-hydrogen) atoms. The smallest absolute Gasteiger partial charge is 0.251 e. The Labute approximate surface area is 137 Å². The Kier molecular flexibility index (Phi) is 7.25. The average Bonchev–Trinajstić information content (AvgIpc) is 2.49. The maximum absolute atomic E-state index is 12.1. The molecular formula is C17H25N3O3. The van der Waals surface area contributed by atoms with E-state index in [0.29, 0.717) is 12.1 Å². The second-order valence-corrected chi connectivity index (χ2v) is 5.63. The molecule has 0 bridgehead atoms. The van der Waals surface area contributed by atoms with Crippen LogP contribution in [0.4, 0.5) is 0 Å². The van der Waals surface area contributed by atoms with Crippen molar-refractivity contribution in [1.29, 1.82) is 0 Å². The molecule has 0 spiro atoms. The largest absolute Gasteiger partial charge is 0.352 e. The van der Waals surface area contributed by atoms with Crippen molar-refractivity contribution in [3.63, 3.8) is 0 Å². The normalized spacial score (nSPS) is 10.3. The van der Waals surface area contributed by atoms with E-state index in [0.717, 1.165) is 5.56 Å². The zero-order valence-corrected chi connectivity index (χ0v) is 14.2. The van der Waals surface area contributed by atoms with Crippen molar-refractivity contribution in [2.75, 3.05) is 19.6 Å². The lowest BCUT2D eigenvalue weighted by molar-refractivity contribution is -0.135. The maximum atomic E-state index is 12.1. The second-order valence-electron chi connectivity index (χ2n) is 5.63. The average molecular weight is 319 g/mol. The molecule has 0 saturated heterocycles. The fraction of sp³-hybridized carbons (Fsp3) is 0.471. The Bertz CT molecular complexity index is 570. The molecule has 0 radical (unpaired) electrons. The Hall–Kier alpha value is -2.37. The summed E-state index contributed by atoms with van der Waals surface area (Å²) in [6.45, 7) is 7.63. The van der Waals surface area contributed by atoms with E-state index in [9.17, 15) is 14.4 Å². The van der Waals surface area contributed by atoms with Crippen molar-refractivity contribution >= 4 is 17.7 Å². The highest BCUT2D eigenvalue weighted by Crippen LogP contribution is 2.06. The molecule has 0 unspecified atom stereocenters. The number of rotatable bonds is 7. The first-order valence-electron chi connectivity index (χ1n) is 7.76. The number of nitrogens with zero attached hydrogens (tertiary/aromatic N) is 1. The number of carbonyl (C=O) groups excluding carboxylic acids is 3. The summed E-state index contributed by atoms with van der Waals surface area (Å²) in [5, 5.41) is 5.35. The summed E-state index contributed by atoms with van der Waals surface area (Å²) in [5.74, 6) is -0.784. The lowest BCUT2D eigenvalue weighted by atomic mass is 10.1. The van der Waals surface area contributed by atoms with E-state index < -0.39 is 0 Å². The third-order valence-corrected chi connectivity index (χ3v) is 3.31. The summed E-state index contributed by atoms with van der Waals surface area (Å²) in [7, 11) is 0. The SMILES string of the molecule is CCN(CC(=O)NC(C)C)C(=O)CNC(=O)c1ccccc1C. The van der Waals surface area contributed by atoms with Crippen molar-refractivity contribution in [3.8, 4) is 0 Å². The van der Waals surface area contributed by atoms with Gasteiger partial charge in [0.2, 0.25) is 11.8 Å². The van der Waals surface area contributed by atoms with Gasteiger partial charge < -0.3 is 15.5 Å². The predicted octanol–water partition coefficient (Wildman–Crippen LogP) is 1.10. The predicted molar refractivity (Wildman–Crippen MR) is 89.0 cm³/mol. The van der Waals surface area contributed by atoms with Gasteiger partial charge in [0.05, 0.1) is 13.1 Å². The lowest BCUT2D eigenvalue weighted by Crippen LogP contribution is -2.46. The molecule has 0 aliphatic heterocycles. The lowest BCUT2D eigenvalue weighted by Gasteiger charge is -2.21. The number of likely N-dealkylation sites (N-methyl/N-ethyl adjacent to an activating group) is 1. The van der Waals surface area contributed by atoms with Crippen LogP contribution >= 0.6 is 0 Å². The molecule has 1 aromatic rings. The molecule has 0 atom stereocenters. The number of hydrogen-bond donors (Lipinski definition) is 2. The van der Waals surface area contributed by atoms with E-state index in [-0.39, 0.29) is 36.9 Å². The van der Waals surface area contributed by atoms with Gasteiger partial charge in [0.1, 0.15) is 0 Å². The summed E-state index contributed by atoms with van der Waals surface area (Å²) >= 11 is 0. The van der Waals surface area contributed by atoms with Gasteiger partial charge in [-0.1, -0.05) is 18.2 Å². The Morgan fingerprint density at radius 3 is 2.39 bits per heavy atom. The molecule has 0 heterocycles. The van der Waals surface area contributed by atoms with Gasteiger partial charge in [-0.2, -0.15) is 0 Å². The number of carbonyl (C=O) groups is 3. The maximum Gasteiger partial charge on any atom is 0.251 e. The highest BCUT2D eigenvalue weighted by atomic mass is 16.2. The highest BCUT2D eigenvalue weighted by molar-refractivity contribution is 5.97. The van der Waals surface area contributed by atoms with Gasteiger partial charge in [-0.15, -0.1) is 0 Å². The molecule has 0 aliphatic carbocycles. The summed E-state index contributed by atoms with van der Waals surface area (Å²) in [6, 6.07) is 7.20. The van der Waals surface area contributed by atoms with Crippen LogP contribution in [0.2, 0.25) is 0 Å². The van der Waals surface area contributed by atoms with E-state index >= 15 is 0 Å². The minimum atomic E-state index is -0.292. The standard InChI is InChI=1S/C17H25N3O3/c1-5-20(11-15(21)19-12(2)3)16(22)10-18-17(23)14-9-7-6-8-13(14)4/h6-9,12H,5,10-11H2,1-4H3,(H,18,23)(H,19,21). The molecule has 1 aromatic carbocycles. The molecule has 0 aromatic heterocycles. The van der Waals surface area contributed by atoms with Gasteiger partial charge >= 0.3 is 0 Å². The number of amides is 3. The van der Waals surface area contributed by atoms with Crippen molar-refractivity contribution in [2.24, 2.45) is 0 Å². The van der Waals surface area contributed by atoms with Crippen LogP contribution in [0.5, 0.6) is 0 Å². The number of nitrogens with one attached hydrogen (secondary N) is 2. The molecule has 6 heteroatoms. The zero-order valence-electron chi connectivity index (χ0n) is 14.2. The van der Waals surface area contributed by atoms with E-state index in [1.165, 1.54) is 4.90 Å². The van der Waals surface area contributed by atoms with Crippen LogP contribution in [0.3, 0.4) is 0 Å². The molecular weight excluding hydrogens is 294 g/mol.